The zero-order valence-electron chi connectivity index (χ0n) is 17.9. The first kappa shape index (κ1) is 22.7. The number of carbonyl (C=O) groups excluding carboxylic acids is 2. The van der Waals surface area contributed by atoms with Crippen LogP contribution in [0.3, 0.4) is 0 Å². The first-order valence-electron chi connectivity index (χ1n) is 9.95. The normalized spacial score (nSPS) is 10.9. The fourth-order valence-electron chi connectivity index (χ4n) is 3.36. The molecule has 0 radical (unpaired) electrons. The van der Waals surface area contributed by atoms with Crippen molar-refractivity contribution in [2.45, 2.75) is 20.4 Å². The Morgan fingerprint density at radius 3 is 2.44 bits per heavy atom. The second-order valence-corrected chi connectivity index (χ2v) is 8.15. The van der Waals surface area contributed by atoms with Gasteiger partial charge < -0.3 is 20.8 Å². The van der Waals surface area contributed by atoms with Gasteiger partial charge >= 0.3 is 12.1 Å². The number of fused-ring (bicyclic) bond motifs is 1. The van der Waals surface area contributed by atoms with E-state index >= 15 is 0 Å². The minimum Gasteiger partial charge on any atom is -0.477 e. The SMILES string of the molecule is CCn1nc(C)cc1C(=O)Nc1ccccc1C(=O)Nc1nn(C(=O)O)c2sc(C(=O)O)cc12. The minimum atomic E-state index is -1.43. The lowest BCUT2D eigenvalue weighted by molar-refractivity contribution is 0.0701. The van der Waals surface area contributed by atoms with Crippen molar-refractivity contribution < 1.29 is 29.4 Å². The van der Waals surface area contributed by atoms with E-state index in [1.54, 1.807) is 35.9 Å². The van der Waals surface area contributed by atoms with Gasteiger partial charge in [0.1, 0.15) is 15.4 Å². The molecule has 2 amide bonds. The standard InChI is InChI=1S/C21H18N6O6S/c1-3-26-14(8-10(2)24-26)18(29)22-13-7-5-4-6-11(13)17(28)23-16-12-9-15(20(30)31)34-19(12)27(25-16)21(32)33/h4-9H,3H2,1-2H3,(H,22,29)(H,30,31)(H,32,33)(H,23,25,28). The average molecular weight is 482 g/mol. The maximum Gasteiger partial charge on any atom is 0.433 e. The molecule has 13 heteroatoms. The molecule has 0 saturated heterocycles. The van der Waals surface area contributed by atoms with Crippen molar-refractivity contribution in [1.29, 1.82) is 0 Å². The number of nitrogens with zero attached hydrogens (tertiary/aromatic N) is 4. The number of aromatic nitrogens is 4. The van der Waals surface area contributed by atoms with Crippen LogP contribution in [0, 0.1) is 6.92 Å². The van der Waals surface area contributed by atoms with Crippen molar-refractivity contribution in [2.24, 2.45) is 0 Å². The van der Waals surface area contributed by atoms with Crippen molar-refractivity contribution >= 4 is 56.9 Å². The Morgan fingerprint density at radius 1 is 1.03 bits per heavy atom. The average Bonchev–Trinajstić information content (AvgIpc) is 3.48. The van der Waals surface area contributed by atoms with Gasteiger partial charge in [-0.3, -0.25) is 14.3 Å². The molecule has 0 spiro atoms. The number of hydrogen-bond donors (Lipinski definition) is 4. The summed E-state index contributed by atoms with van der Waals surface area (Å²) in [5, 5.41) is 32.1. The molecule has 4 N–H and O–H groups in total. The predicted octanol–water partition coefficient (Wildman–Crippen LogP) is 3.35. The van der Waals surface area contributed by atoms with Crippen LogP contribution in [0.1, 0.15) is 43.1 Å². The zero-order valence-corrected chi connectivity index (χ0v) is 18.7. The molecule has 0 bridgehead atoms. The van der Waals surface area contributed by atoms with E-state index in [4.69, 9.17) is 0 Å². The van der Waals surface area contributed by atoms with Crippen LogP contribution < -0.4 is 10.6 Å². The number of carboxylic acids is 1. The largest absolute Gasteiger partial charge is 0.477 e. The van der Waals surface area contributed by atoms with Crippen LogP contribution in [0.15, 0.2) is 36.4 Å². The van der Waals surface area contributed by atoms with Crippen LogP contribution in [0.5, 0.6) is 0 Å². The number of aryl methyl sites for hydroxylation is 2. The van der Waals surface area contributed by atoms with Crippen molar-refractivity contribution in [2.75, 3.05) is 10.6 Å². The van der Waals surface area contributed by atoms with Gasteiger partial charge in [0.25, 0.3) is 11.8 Å². The molecular weight excluding hydrogens is 464 g/mol. The fraction of sp³-hybridized carbons (Fsp3) is 0.143. The Morgan fingerprint density at radius 2 is 1.76 bits per heavy atom. The number of carboxylic acid groups (broad SMARTS) is 2. The first-order chi connectivity index (χ1) is 16.2. The molecule has 4 aromatic rings. The summed E-state index contributed by atoms with van der Waals surface area (Å²) in [6, 6.07) is 9.15. The number of anilines is 2. The van der Waals surface area contributed by atoms with Gasteiger partial charge in [0, 0.05) is 6.54 Å². The van der Waals surface area contributed by atoms with Crippen molar-refractivity contribution in [3.63, 3.8) is 0 Å². The monoisotopic (exact) mass is 482 g/mol. The number of rotatable bonds is 6. The van der Waals surface area contributed by atoms with Gasteiger partial charge in [-0.1, -0.05) is 12.1 Å². The number of hydrogen-bond acceptors (Lipinski definition) is 7. The minimum absolute atomic E-state index is 0.0602. The molecule has 1 aromatic carbocycles. The highest BCUT2D eigenvalue weighted by Gasteiger charge is 2.23. The smallest absolute Gasteiger partial charge is 0.433 e. The Labute approximate surface area is 195 Å². The van der Waals surface area contributed by atoms with Gasteiger partial charge in [0.15, 0.2) is 5.82 Å². The number of para-hydroxylation sites is 1. The van der Waals surface area contributed by atoms with Crippen molar-refractivity contribution in [3.05, 3.63) is 58.2 Å². The molecule has 174 valence electrons. The van der Waals surface area contributed by atoms with E-state index in [1.165, 1.54) is 12.1 Å². The predicted molar refractivity (Wildman–Crippen MR) is 123 cm³/mol. The van der Waals surface area contributed by atoms with Gasteiger partial charge in [-0.25, -0.2) is 9.59 Å². The van der Waals surface area contributed by atoms with Crippen LogP contribution in [0.4, 0.5) is 16.3 Å². The second-order valence-electron chi connectivity index (χ2n) is 7.12. The Bertz CT molecular complexity index is 1470. The van der Waals surface area contributed by atoms with Crippen molar-refractivity contribution in [3.8, 4) is 0 Å². The summed E-state index contributed by atoms with van der Waals surface area (Å²) < 4.78 is 2.14. The summed E-state index contributed by atoms with van der Waals surface area (Å²) >= 11 is 0.722. The molecule has 0 aliphatic carbocycles. The van der Waals surface area contributed by atoms with E-state index < -0.39 is 23.9 Å². The molecule has 4 rings (SSSR count). The van der Waals surface area contributed by atoms with Crippen LogP contribution in [-0.4, -0.2) is 53.7 Å². The maximum absolute atomic E-state index is 13.1. The highest BCUT2D eigenvalue weighted by atomic mass is 32.1. The molecule has 34 heavy (non-hydrogen) atoms. The molecule has 0 saturated carbocycles. The van der Waals surface area contributed by atoms with Gasteiger partial charge in [-0.05, 0) is 38.1 Å². The molecule has 0 aliphatic heterocycles. The summed E-state index contributed by atoms with van der Waals surface area (Å²) in [6.45, 7) is 4.10. The maximum atomic E-state index is 13.1. The third-order valence-electron chi connectivity index (χ3n) is 4.84. The van der Waals surface area contributed by atoms with E-state index in [-0.39, 0.29) is 32.2 Å². The van der Waals surface area contributed by atoms with Crippen molar-refractivity contribution in [1.82, 2.24) is 19.6 Å². The molecule has 0 atom stereocenters. The van der Waals surface area contributed by atoms with E-state index in [1.807, 2.05) is 6.92 Å². The van der Waals surface area contributed by atoms with Crippen LogP contribution >= 0.6 is 11.3 Å². The number of thiophene rings is 1. The lowest BCUT2D eigenvalue weighted by Gasteiger charge is -2.11. The Hall–Kier alpha value is -4.52. The molecule has 3 aromatic heterocycles. The number of aromatic carboxylic acids is 1. The van der Waals surface area contributed by atoms with E-state index in [0.29, 0.717) is 22.6 Å². The third kappa shape index (κ3) is 4.11. The number of nitrogens with one attached hydrogen (secondary N) is 2. The van der Waals surface area contributed by atoms with Gasteiger partial charge in [0.05, 0.1) is 22.3 Å². The second kappa shape index (κ2) is 8.78. The number of amides is 2. The number of benzene rings is 1. The summed E-state index contributed by atoms with van der Waals surface area (Å²) in [5.74, 6) is -2.47. The molecule has 0 aliphatic rings. The molecule has 0 fully saturated rings. The lowest BCUT2D eigenvalue weighted by Crippen LogP contribution is -2.21. The van der Waals surface area contributed by atoms with E-state index in [9.17, 15) is 29.4 Å². The van der Waals surface area contributed by atoms with Gasteiger partial charge in [-0.15, -0.1) is 16.4 Å². The summed E-state index contributed by atoms with van der Waals surface area (Å²) in [5.41, 5.74) is 1.32. The summed E-state index contributed by atoms with van der Waals surface area (Å²) in [7, 11) is 0. The lowest BCUT2D eigenvalue weighted by atomic mass is 10.1. The Kier molecular flexibility index (Phi) is 5.86. The highest BCUT2D eigenvalue weighted by Crippen LogP contribution is 2.32. The zero-order chi connectivity index (χ0) is 24.6. The van der Waals surface area contributed by atoms with E-state index in [0.717, 1.165) is 11.3 Å². The molecule has 3 heterocycles. The molecule has 12 nitrogen and oxygen atoms in total. The highest BCUT2D eigenvalue weighted by molar-refractivity contribution is 7.20. The quantitative estimate of drug-likeness (QED) is 0.324. The Balaban J connectivity index is 1.65. The van der Waals surface area contributed by atoms with Crippen LogP contribution in [0.2, 0.25) is 0 Å². The van der Waals surface area contributed by atoms with Crippen LogP contribution in [-0.2, 0) is 6.54 Å². The number of carbonyl (C=O) groups is 4. The molecule has 0 unspecified atom stereocenters. The van der Waals surface area contributed by atoms with Crippen LogP contribution in [0.25, 0.3) is 10.2 Å². The van der Waals surface area contributed by atoms with Gasteiger partial charge in [0.2, 0.25) is 0 Å². The summed E-state index contributed by atoms with van der Waals surface area (Å²) in [4.78, 5) is 48.7. The topological polar surface area (TPSA) is 168 Å². The van der Waals surface area contributed by atoms with Gasteiger partial charge in [-0.2, -0.15) is 9.78 Å². The third-order valence-corrected chi connectivity index (χ3v) is 5.94. The van der Waals surface area contributed by atoms with E-state index in [2.05, 4.69) is 20.8 Å². The summed E-state index contributed by atoms with van der Waals surface area (Å²) in [6.07, 6.45) is -1.43. The fourth-order valence-corrected chi connectivity index (χ4v) is 4.30. The molecular formula is C21H18N6O6S. The first-order valence-corrected chi connectivity index (χ1v) is 10.8.